The van der Waals surface area contributed by atoms with Crippen molar-refractivity contribution in [2.45, 2.75) is 20.0 Å². The van der Waals surface area contributed by atoms with Crippen molar-refractivity contribution < 1.29 is 4.52 Å². The molecule has 5 nitrogen and oxygen atoms in total. The number of benzene rings is 1. The Labute approximate surface area is 115 Å². The van der Waals surface area contributed by atoms with Crippen molar-refractivity contribution in [3.8, 4) is 0 Å². The molecule has 0 aliphatic carbocycles. The summed E-state index contributed by atoms with van der Waals surface area (Å²) >= 11 is 0. The summed E-state index contributed by atoms with van der Waals surface area (Å²) in [5.74, 6) is 0.783. The Balaban J connectivity index is 1.74. The lowest BCUT2D eigenvalue weighted by molar-refractivity contribution is 0.388. The molecule has 0 radical (unpaired) electrons. The summed E-state index contributed by atoms with van der Waals surface area (Å²) in [6, 6.07) is 11.5. The standard InChI is InChI=1S/C15H15N3O2/c1-10-6-13(18-20-10)9-16-8-12-7-11-4-2-3-5-14(11)17-15(12)19/h2-7,16H,8-9H2,1H3,(H,17,19). The van der Waals surface area contributed by atoms with Crippen molar-refractivity contribution in [1.82, 2.24) is 15.5 Å². The van der Waals surface area contributed by atoms with Crippen LogP contribution in [0.15, 0.2) is 45.7 Å². The molecule has 3 aromatic rings. The van der Waals surface area contributed by atoms with Crippen LogP contribution in [0.1, 0.15) is 17.0 Å². The molecule has 2 N–H and O–H groups in total. The molecular formula is C15H15N3O2. The molecule has 0 fully saturated rings. The Morgan fingerprint density at radius 3 is 2.90 bits per heavy atom. The van der Waals surface area contributed by atoms with E-state index in [2.05, 4.69) is 15.5 Å². The Bertz CT molecular complexity index is 789. The molecule has 0 saturated carbocycles. The SMILES string of the molecule is Cc1cc(CNCc2cc3ccccc3[nH]c2=O)no1. The number of para-hydroxylation sites is 1. The molecule has 2 heterocycles. The van der Waals surface area contributed by atoms with E-state index >= 15 is 0 Å². The average molecular weight is 269 g/mol. The minimum Gasteiger partial charge on any atom is -0.361 e. The molecule has 5 heteroatoms. The van der Waals surface area contributed by atoms with Gasteiger partial charge in [0.1, 0.15) is 5.76 Å². The summed E-state index contributed by atoms with van der Waals surface area (Å²) in [6.07, 6.45) is 0. The molecular weight excluding hydrogens is 254 g/mol. The largest absolute Gasteiger partial charge is 0.361 e. The first-order valence-corrected chi connectivity index (χ1v) is 6.46. The Kier molecular flexibility index (Phi) is 3.35. The maximum Gasteiger partial charge on any atom is 0.252 e. The third kappa shape index (κ3) is 2.62. The fourth-order valence-electron chi connectivity index (χ4n) is 2.15. The zero-order valence-electron chi connectivity index (χ0n) is 11.1. The van der Waals surface area contributed by atoms with Crippen LogP contribution < -0.4 is 10.9 Å². The van der Waals surface area contributed by atoms with Gasteiger partial charge in [-0.25, -0.2) is 0 Å². The summed E-state index contributed by atoms with van der Waals surface area (Å²) in [6.45, 7) is 2.92. The van der Waals surface area contributed by atoms with Crippen LogP contribution in [-0.4, -0.2) is 10.1 Å². The maximum atomic E-state index is 11.9. The Morgan fingerprint density at radius 2 is 2.10 bits per heavy atom. The summed E-state index contributed by atoms with van der Waals surface area (Å²) < 4.78 is 4.99. The number of H-pyrrole nitrogens is 1. The molecule has 1 aromatic carbocycles. The van der Waals surface area contributed by atoms with Gasteiger partial charge in [0.15, 0.2) is 0 Å². The van der Waals surface area contributed by atoms with E-state index in [0.29, 0.717) is 18.7 Å². The van der Waals surface area contributed by atoms with Gasteiger partial charge in [-0.2, -0.15) is 0 Å². The molecule has 0 spiro atoms. The minimum atomic E-state index is -0.0625. The Morgan fingerprint density at radius 1 is 1.25 bits per heavy atom. The van der Waals surface area contributed by atoms with E-state index < -0.39 is 0 Å². The highest BCUT2D eigenvalue weighted by Gasteiger charge is 2.04. The number of nitrogens with one attached hydrogen (secondary N) is 2. The fraction of sp³-hybridized carbons (Fsp3) is 0.200. The van der Waals surface area contributed by atoms with Crippen LogP contribution in [0.2, 0.25) is 0 Å². The number of rotatable bonds is 4. The Hall–Kier alpha value is -2.40. The van der Waals surface area contributed by atoms with Gasteiger partial charge >= 0.3 is 0 Å². The highest BCUT2D eigenvalue weighted by molar-refractivity contribution is 5.78. The molecule has 0 unspecified atom stereocenters. The smallest absolute Gasteiger partial charge is 0.252 e. The first kappa shape index (κ1) is 12.6. The summed E-state index contributed by atoms with van der Waals surface area (Å²) in [5.41, 5.74) is 2.34. The minimum absolute atomic E-state index is 0.0625. The molecule has 3 rings (SSSR count). The van der Waals surface area contributed by atoms with Gasteiger partial charge in [-0.05, 0) is 24.4 Å². The fourth-order valence-corrected chi connectivity index (χ4v) is 2.15. The first-order valence-electron chi connectivity index (χ1n) is 6.46. The van der Waals surface area contributed by atoms with Crippen LogP contribution in [0.25, 0.3) is 10.9 Å². The van der Waals surface area contributed by atoms with Crippen molar-refractivity contribution in [2.75, 3.05) is 0 Å². The second kappa shape index (κ2) is 5.30. The second-order valence-electron chi connectivity index (χ2n) is 4.74. The second-order valence-corrected chi connectivity index (χ2v) is 4.74. The summed E-state index contributed by atoms with van der Waals surface area (Å²) in [7, 11) is 0. The molecule has 20 heavy (non-hydrogen) atoms. The predicted octanol–water partition coefficient (Wildman–Crippen LogP) is 2.11. The topological polar surface area (TPSA) is 70.9 Å². The van der Waals surface area contributed by atoms with Crippen molar-refractivity contribution in [3.63, 3.8) is 0 Å². The average Bonchev–Trinajstić information content (AvgIpc) is 2.85. The molecule has 0 amide bonds. The maximum absolute atomic E-state index is 11.9. The number of hydrogen-bond acceptors (Lipinski definition) is 4. The van der Waals surface area contributed by atoms with Gasteiger partial charge in [0, 0.05) is 30.2 Å². The third-order valence-electron chi connectivity index (χ3n) is 3.13. The van der Waals surface area contributed by atoms with Gasteiger partial charge in [-0.3, -0.25) is 4.79 Å². The van der Waals surface area contributed by atoms with Crippen LogP contribution in [0.5, 0.6) is 0 Å². The molecule has 102 valence electrons. The zero-order chi connectivity index (χ0) is 13.9. The summed E-state index contributed by atoms with van der Waals surface area (Å²) in [5, 5.41) is 8.12. The molecule has 0 bridgehead atoms. The normalized spacial score (nSPS) is 11.1. The lowest BCUT2D eigenvalue weighted by atomic mass is 10.1. The first-order chi connectivity index (χ1) is 9.72. The van der Waals surface area contributed by atoms with Crippen LogP contribution in [-0.2, 0) is 13.1 Å². The van der Waals surface area contributed by atoms with E-state index in [0.717, 1.165) is 22.4 Å². The van der Waals surface area contributed by atoms with Gasteiger partial charge in [-0.1, -0.05) is 23.4 Å². The highest BCUT2D eigenvalue weighted by Crippen LogP contribution is 2.10. The molecule has 0 atom stereocenters. The number of pyridine rings is 1. The van der Waals surface area contributed by atoms with Crippen molar-refractivity contribution in [2.24, 2.45) is 0 Å². The van der Waals surface area contributed by atoms with Gasteiger partial charge in [-0.15, -0.1) is 0 Å². The van der Waals surface area contributed by atoms with Crippen molar-refractivity contribution in [1.29, 1.82) is 0 Å². The lowest BCUT2D eigenvalue weighted by Crippen LogP contribution is -2.20. The highest BCUT2D eigenvalue weighted by atomic mass is 16.5. The van der Waals surface area contributed by atoms with Crippen molar-refractivity contribution >= 4 is 10.9 Å². The van der Waals surface area contributed by atoms with Crippen LogP contribution in [0.3, 0.4) is 0 Å². The van der Waals surface area contributed by atoms with E-state index in [9.17, 15) is 4.79 Å². The summed E-state index contributed by atoms with van der Waals surface area (Å²) in [4.78, 5) is 14.8. The van der Waals surface area contributed by atoms with Crippen molar-refractivity contribution in [3.05, 3.63) is 63.8 Å². The molecule has 0 aliphatic rings. The van der Waals surface area contributed by atoms with E-state index in [1.807, 2.05) is 43.3 Å². The number of aromatic amines is 1. The van der Waals surface area contributed by atoms with E-state index in [1.54, 1.807) is 0 Å². The monoisotopic (exact) mass is 269 g/mol. The zero-order valence-corrected chi connectivity index (χ0v) is 11.1. The van der Waals surface area contributed by atoms with Crippen LogP contribution in [0, 0.1) is 6.92 Å². The van der Waals surface area contributed by atoms with Gasteiger partial charge in [0.25, 0.3) is 5.56 Å². The van der Waals surface area contributed by atoms with Gasteiger partial charge in [0.2, 0.25) is 0 Å². The third-order valence-corrected chi connectivity index (χ3v) is 3.13. The van der Waals surface area contributed by atoms with E-state index in [-0.39, 0.29) is 5.56 Å². The lowest BCUT2D eigenvalue weighted by Gasteiger charge is -2.04. The number of nitrogens with zero attached hydrogens (tertiary/aromatic N) is 1. The van der Waals surface area contributed by atoms with Gasteiger partial charge in [0.05, 0.1) is 5.69 Å². The van der Waals surface area contributed by atoms with Crippen LogP contribution in [0.4, 0.5) is 0 Å². The van der Waals surface area contributed by atoms with Crippen LogP contribution >= 0.6 is 0 Å². The number of aryl methyl sites for hydroxylation is 1. The molecule has 2 aromatic heterocycles. The van der Waals surface area contributed by atoms with E-state index in [4.69, 9.17) is 4.52 Å². The molecule has 0 saturated heterocycles. The number of aromatic nitrogens is 2. The number of hydrogen-bond donors (Lipinski definition) is 2. The molecule has 0 aliphatic heterocycles. The quantitative estimate of drug-likeness (QED) is 0.761. The van der Waals surface area contributed by atoms with Gasteiger partial charge < -0.3 is 14.8 Å². The van der Waals surface area contributed by atoms with E-state index in [1.165, 1.54) is 0 Å². The number of fused-ring (bicyclic) bond motifs is 1. The predicted molar refractivity (Wildman–Crippen MR) is 76.4 cm³/mol.